The second kappa shape index (κ2) is 2.40. The van der Waals surface area contributed by atoms with E-state index in [-0.39, 0.29) is 6.04 Å². The van der Waals surface area contributed by atoms with Crippen LogP contribution in [-0.4, -0.2) is 11.0 Å². The minimum Gasteiger partial charge on any atom is -0.375 e. The molecule has 0 atom stereocenters. The number of nitrogens with two attached hydrogens (primary N) is 2. The molecule has 1 fully saturated rings. The van der Waals surface area contributed by atoms with Crippen molar-refractivity contribution in [1.29, 1.82) is 0 Å². The van der Waals surface area contributed by atoms with Crippen molar-refractivity contribution in [3.63, 3.8) is 0 Å². The minimum atomic E-state index is -1.24. The first kappa shape index (κ1) is 7.94. The van der Waals surface area contributed by atoms with E-state index in [9.17, 15) is 4.39 Å². The number of aromatic nitrogens is 1. The highest BCUT2D eigenvalue weighted by Gasteiger charge is 2.45. The van der Waals surface area contributed by atoms with Crippen molar-refractivity contribution in [2.45, 2.75) is 24.6 Å². The van der Waals surface area contributed by atoms with Crippen LogP contribution < -0.4 is 11.5 Å². The number of nitrogens with zero attached hydrogens (tertiary/aromatic N) is 1. The molecule has 1 aliphatic rings. The van der Waals surface area contributed by atoms with Crippen molar-refractivity contribution in [2.75, 3.05) is 5.73 Å². The molecule has 0 radical (unpaired) electrons. The molecule has 0 aliphatic heterocycles. The monoisotopic (exact) mass is 187 g/mol. The van der Waals surface area contributed by atoms with Gasteiger partial charge in [0, 0.05) is 25.1 Å². The molecule has 5 heteroatoms. The first-order chi connectivity index (χ1) is 5.60. The van der Waals surface area contributed by atoms with Crippen LogP contribution in [0.3, 0.4) is 0 Å². The summed E-state index contributed by atoms with van der Waals surface area (Å²) >= 11 is 1.21. The van der Waals surface area contributed by atoms with Gasteiger partial charge in [0.05, 0.1) is 4.88 Å². The van der Waals surface area contributed by atoms with Gasteiger partial charge in [0.1, 0.15) is 5.67 Å². The van der Waals surface area contributed by atoms with Gasteiger partial charge in [-0.2, -0.15) is 0 Å². The first-order valence-electron chi connectivity index (χ1n) is 3.76. The molecule has 1 aromatic heterocycles. The fraction of sp³-hybridized carbons (Fsp3) is 0.571. The second-order valence-electron chi connectivity index (χ2n) is 3.20. The molecule has 1 aromatic rings. The second-order valence-corrected chi connectivity index (χ2v) is 4.26. The third-order valence-corrected chi connectivity index (χ3v) is 3.14. The van der Waals surface area contributed by atoms with Gasteiger partial charge in [0.15, 0.2) is 5.13 Å². The number of alkyl halides is 1. The average molecular weight is 187 g/mol. The van der Waals surface area contributed by atoms with E-state index in [2.05, 4.69) is 4.98 Å². The van der Waals surface area contributed by atoms with Crippen molar-refractivity contribution >= 4 is 16.5 Å². The summed E-state index contributed by atoms with van der Waals surface area (Å²) in [6.07, 6.45) is 2.30. The van der Waals surface area contributed by atoms with Crippen LogP contribution in [0, 0.1) is 0 Å². The zero-order chi connectivity index (χ0) is 8.77. The fourth-order valence-electron chi connectivity index (χ4n) is 1.47. The van der Waals surface area contributed by atoms with Crippen molar-refractivity contribution in [3.8, 4) is 0 Å². The lowest BCUT2D eigenvalue weighted by Crippen LogP contribution is -2.45. The van der Waals surface area contributed by atoms with Gasteiger partial charge in [-0.1, -0.05) is 11.3 Å². The van der Waals surface area contributed by atoms with E-state index in [0.717, 1.165) is 0 Å². The molecule has 0 unspecified atom stereocenters. The fourth-order valence-corrected chi connectivity index (χ4v) is 2.25. The summed E-state index contributed by atoms with van der Waals surface area (Å²) < 4.78 is 13.7. The average Bonchev–Trinajstić information content (AvgIpc) is 2.33. The Morgan fingerprint density at radius 3 is 2.75 bits per heavy atom. The van der Waals surface area contributed by atoms with Crippen molar-refractivity contribution in [3.05, 3.63) is 11.1 Å². The lowest BCUT2D eigenvalue weighted by atomic mass is 9.77. The summed E-state index contributed by atoms with van der Waals surface area (Å²) in [5.74, 6) is 0. The predicted octanol–water partition coefficient (Wildman–Crippen LogP) is 1.01. The Morgan fingerprint density at radius 2 is 2.33 bits per heavy atom. The van der Waals surface area contributed by atoms with E-state index in [4.69, 9.17) is 11.5 Å². The third-order valence-electron chi connectivity index (χ3n) is 2.14. The van der Waals surface area contributed by atoms with Gasteiger partial charge in [0.2, 0.25) is 0 Å². The SMILES string of the molecule is Nc1ncc(C2(F)CC(N)C2)s1. The molecule has 3 nitrogen and oxygen atoms in total. The normalized spacial score (nSPS) is 34.7. The molecule has 1 aliphatic carbocycles. The Morgan fingerprint density at radius 1 is 1.67 bits per heavy atom. The summed E-state index contributed by atoms with van der Waals surface area (Å²) in [6, 6.07) is -0.00155. The Labute approximate surface area is 73.6 Å². The van der Waals surface area contributed by atoms with Gasteiger partial charge in [-0.15, -0.1) is 0 Å². The molecule has 66 valence electrons. The minimum absolute atomic E-state index is 0.00155. The number of thiazole rings is 1. The maximum absolute atomic E-state index is 13.7. The van der Waals surface area contributed by atoms with E-state index in [0.29, 0.717) is 22.9 Å². The van der Waals surface area contributed by atoms with E-state index in [1.54, 1.807) is 0 Å². The number of anilines is 1. The maximum Gasteiger partial charge on any atom is 0.180 e. The molecular formula is C7H10FN3S. The highest BCUT2D eigenvalue weighted by atomic mass is 32.1. The van der Waals surface area contributed by atoms with Gasteiger partial charge >= 0.3 is 0 Å². The van der Waals surface area contributed by atoms with E-state index < -0.39 is 5.67 Å². The number of nitrogen functional groups attached to an aromatic ring is 1. The van der Waals surface area contributed by atoms with Gasteiger partial charge in [-0.25, -0.2) is 9.37 Å². The molecule has 2 rings (SSSR count). The summed E-state index contributed by atoms with van der Waals surface area (Å²) in [5.41, 5.74) is 9.67. The Bertz CT molecular complexity index is 293. The maximum atomic E-state index is 13.7. The molecule has 4 N–H and O–H groups in total. The van der Waals surface area contributed by atoms with Crippen molar-refractivity contribution in [1.82, 2.24) is 4.98 Å². The lowest BCUT2D eigenvalue weighted by molar-refractivity contribution is 0.0442. The number of rotatable bonds is 1. The molecule has 0 spiro atoms. The van der Waals surface area contributed by atoms with Gasteiger partial charge in [-0.05, 0) is 0 Å². The van der Waals surface area contributed by atoms with Crippen LogP contribution in [0.4, 0.5) is 9.52 Å². The third kappa shape index (κ3) is 1.09. The smallest absolute Gasteiger partial charge is 0.180 e. The summed E-state index contributed by atoms with van der Waals surface area (Å²) in [6.45, 7) is 0. The molecular weight excluding hydrogens is 177 g/mol. The van der Waals surface area contributed by atoms with E-state index in [1.165, 1.54) is 17.5 Å². The topological polar surface area (TPSA) is 64.9 Å². The van der Waals surface area contributed by atoms with Crippen LogP contribution in [0.5, 0.6) is 0 Å². The van der Waals surface area contributed by atoms with Crippen LogP contribution in [0.2, 0.25) is 0 Å². The molecule has 0 aromatic carbocycles. The van der Waals surface area contributed by atoms with Crippen molar-refractivity contribution < 1.29 is 4.39 Å². The zero-order valence-corrected chi connectivity index (χ0v) is 7.27. The molecule has 0 bridgehead atoms. The Hall–Kier alpha value is -0.680. The molecule has 0 saturated heterocycles. The summed E-state index contributed by atoms with van der Waals surface area (Å²) in [7, 11) is 0. The lowest BCUT2D eigenvalue weighted by Gasteiger charge is -2.38. The summed E-state index contributed by atoms with van der Waals surface area (Å²) in [5, 5.41) is 0.419. The molecule has 0 amide bonds. The largest absolute Gasteiger partial charge is 0.375 e. The van der Waals surface area contributed by atoms with Crippen molar-refractivity contribution in [2.24, 2.45) is 5.73 Å². The van der Waals surface area contributed by atoms with Gasteiger partial charge in [-0.3, -0.25) is 0 Å². The number of hydrogen-bond acceptors (Lipinski definition) is 4. The number of hydrogen-bond donors (Lipinski definition) is 2. The standard InChI is InChI=1S/C7H10FN3S/c8-7(1-4(9)2-7)5-3-11-6(10)12-5/h3-4H,1-2,9H2,(H2,10,11). The highest BCUT2D eigenvalue weighted by molar-refractivity contribution is 7.15. The molecule has 1 saturated carbocycles. The van der Waals surface area contributed by atoms with E-state index >= 15 is 0 Å². The highest BCUT2D eigenvalue weighted by Crippen LogP contribution is 2.46. The Kier molecular flexibility index (Phi) is 1.59. The van der Waals surface area contributed by atoms with Crippen LogP contribution in [-0.2, 0) is 5.67 Å². The van der Waals surface area contributed by atoms with Gasteiger partial charge in [0.25, 0.3) is 0 Å². The molecule has 1 heterocycles. The Balaban J connectivity index is 2.20. The van der Waals surface area contributed by atoms with Crippen LogP contribution >= 0.6 is 11.3 Å². The first-order valence-corrected chi connectivity index (χ1v) is 4.58. The zero-order valence-electron chi connectivity index (χ0n) is 6.46. The summed E-state index contributed by atoms with van der Waals surface area (Å²) in [4.78, 5) is 4.42. The number of halogens is 1. The van der Waals surface area contributed by atoms with Crippen LogP contribution in [0.1, 0.15) is 17.7 Å². The van der Waals surface area contributed by atoms with Gasteiger partial charge < -0.3 is 11.5 Å². The van der Waals surface area contributed by atoms with E-state index in [1.807, 2.05) is 0 Å². The predicted molar refractivity (Wildman–Crippen MR) is 46.5 cm³/mol. The quantitative estimate of drug-likeness (QED) is 0.689. The van der Waals surface area contributed by atoms with Crippen LogP contribution in [0.15, 0.2) is 6.20 Å². The molecule has 12 heavy (non-hydrogen) atoms. The van der Waals surface area contributed by atoms with Crippen LogP contribution in [0.25, 0.3) is 0 Å².